The van der Waals surface area contributed by atoms with Crippen LogP contribution in [0.5, 0.6) is 0 Å². The summed E-state index contributed by atoms with van der Waals surface area (Å²) in [6.07, 6.45) is 1.63. The van der Waals surface area contributed by atoms with Gasteiger partial charge in [0.2, 0.25) is 5.01 Å². The van der Waals surface area contributed by atoms with Crippen molar-refractivity contribution < 1.29 is 14.7 Å². The lowest BCUT2D eigenvalue weighted by Crippen LogP contribution is -2.45. The molecule has 1 aromatic heterocycles. The molecule has 1 heterocycles. The Morgan fingerprint density at radius 3 is 2.56 bits per heavy atom. The van der Waals surface area contributed by atoms with Crippen LogP contribution in [0.25, 0.3) is 0 Å². The molecule has 98 valence electrons. The molecular weight excluding hydrogens is 252 g/mol. The molecule has 0 bridgehead atoms. The maximum atomic E-state index is 12.2. The third-order valence-corrected chi connectivity index (χ3v) is 3.10. The molecular formula is C12H16N2O3S. The highest BCUT2D eigenvalue weighted by Gasteiger charge is 2.28. The molecule has 0 spiro atoms. The summed E-state index contributed by atoms with van der Waals surface area (Å²) in [6, 6.07) is 0. The lowest BCUT2D eigenvalue weighted by atomic mass is 10.1. The molecule has 1 N–H and O–H groups in total. The van der Waals surface area contributed by atoms with Gasteiger partial charge in [0, 0.05) is 17.5 Å². The first-order valence-corrected chi connectivity index (χ1v) is 6.27. The van der Waals surface area contributed by atoms with Gasteiger partial charge < -0.3 is 10.0 Å². The fourth-order valence-corrected chi connectivity index (χ4v) is 2.03. The number of thiazole rings is 1. The van der Waals surface area contributed by atoms with Crippen LogP contribution in [0.2, 0.25) is 0 Å². The van der Waals surface area contributed by atoms with E-state index in [1.54, 1.807) is 11.0 Å². The first-order chi connectivity index (χ1) is 8.27. The first kappa shape index (κ1) is 14.4. The third-order valence-electron chi connectivity index (χ3n) is 2.27. The lowest BCUT2D eigenvalue weighted by molar-refractivity contribution is 0.0611. The van der Waals surface area contributed by atoms with Gasteiger partial charge in [0.05, 0.1) is 0 Å². The molecule has 0 aliphatic rings. The molecule has 18 heavy (non-hydrogen) atoms. The molecule has 5 nitrogen and oxygen atoms in total. The van der Waals surface area contributed by atoms with Gasteiger partial charge in [-0.1, -0.05) is 6.08 Å². The Morgan fingerprint density at radius 2 is 2.17 bits per heavy atom. The summed E-state index contributed by atoms with van der Waals surface area (Å²) in [7, 11) is 0. The fourth-order valence-electron chi connectivity index (χ4n) is 1.40. The number of carboxylic acids is 1. The second-order valence-corrected chi connectivity index (χ2v) is 5.58. The molecule has 1 amide bonds. The maximum absolute atomic E-state index is 12.2. The van der Waals surface area contributed by atoms with Crippen LogP contribution in [0, 0.1) is 0 Å². The van der Waals surface area contributed by atoms with Crippen LogP contribution in [0.4, 0.5) is 0 Å². The Labute approximate surface area is 110 Å². The Bertz CT molecular complexity index is 474. The molecule has 6 heteroatoms. The zero-order valence-corrected chi connectivity index (χ0v) is 11.5. The summed E-state index contributed by atoms with van der Waals surface area (Å²) >= 11 is 0.948. The number of carbonyl (C=O) groups excluding carboxylic acids is 1. The molecule has 0 atom stereocenters. The molecule has 0 saturated carbocycles. The standard InChI is InChI=1S/C12H16N2O3S/c1-5-6-14(12(2,3)4)10(15)8-7-18-9(13-8)11(16)17/h5,7H,1,6H2,2-4H3,(H,16,17). The van der Waals surface area contributed by atoms with Crippen molar-refractivity contribution in [2.24, 2.45) is 0 Å². The van der Waals surface area contributed by atoms with Crippen molar-refractivity contribution in [2.45, 2.75) is 26.3 Å². The number of rotatable bonds is 4. The largest absolute Gasteiger partial charge is 0.476 e. The quantitative estimate of drug-likeness (QED) is 0.850. The van der Waals surface area contributed by atoms with Gasteiger partial charge in [-0.3, -0.25) is 4.79 Å². The van der Waals surface area contributed by atoms with E-state index in [0.717, 1.165) is 11.3 Å². The van der Waals surface area contributed by atoms with Crippen LogP contribution in [0.1, 0.15) is 41.1 Å². The van der Waals surface area contributed by atoms with Crippen molar-refractivity contribution in [2.75, 3.05) is 6.54 Å². The summed E-state index contributed by atoms with van der Waals surface area (Å²) in [6.45, 7) is 9.71. The molecule has 0 aliphatic heterocycles. The van der Waals surface area contributed by atoms with Crippen molar-refractivity contribution in [3.8, 4) is 0 Å². The van der Waals surface area contributed by atoms with Crippen molar-refractivity contribution in [3.05, 3.63) is 28.7 Å². The minimum Gasteiger partial charge on any atom is -0.476 e. The maximum Gasteiger partial charge on any atom is 0.365 e. The average molecular weight is 268 g/mol. The van der Waals surface area contributed by atoms with Crippen LogP contribution in [0.15, 0.2) is 18.0 Å². The average Bonchev–Trinajstić information content (AvgIpc) is 2.72. The number of aromatic nitrogens is 1. The van der Waals surface area contributed by atoms with Crippen LogP contribution in [-0.2, 0) is 0 Å². The predicted octanol–water partition coefficient (Wildman–Crippen LogP) is 2.27. The summed E-state index contributed by atoms with van der Waals surface area (Å²) in [5.74, 6) is -1.41. The van der Waals surface area contributed by atoms with E-state index in [1.807, 2.05) is 20.8 Å². The van der Waals surface area contributed by atoms with Gasteiger partial charge in [0.15, 0.2) is 0 Å². The summed E-state index contributed by atoms with van der Waals surface area (Å²) < 4.78 is 0. The van der Waals surface area contributed by atoms with E-state index < -0.39 is 5.97 Å². The highest BCUT2D eigenvalue weighted by molar-refractivity contribution is 7.11. The fraction of sp³-hybridized carbons (Fsp3) is 0.417. The normalized spacial score (nSPS) is 11.1. The van der Waals surface area contributed by atoms with Crippen LogP contribution < -0.4 is 0 Å². The third kappa shape index (κ3) is 3.16. The van der Waals surface area contributed by atoms with Crippen molar-refractivity contribution in [1.29, 1.82) is 0 Å². The highest BCUT2D eigenvalue weighted by Crippen LogP contribution is 2.18. The molecule has 0 unspecified atom stereocenters. The zero-order chi connectivity index (χ0) is 13.9. The van der Waals surface area contributed by atoms with E-state index in [-0.39, 0.29) is 22.1 Å². The van der Waals surface area contributed by atoms with E-state index in [0.29, 0.717) is 6.54 Å². The van der Waals surface area contributed by atoms with Crippen LogP contribution >= 0.6 is 11.3 Å². The first-order valence-electron chi connectivity index (χ1n) is 5.39. The number of aromatic carboxylic acids is 1. The number of nitrogens with zero attached hydrogens (tertiary/aromatic N) is 2. The topological polar surface area (TPSA) is 70.5 Å². The molecule has 0 saturated heterocycles. The molecule has 0 aromatic carbocycles. The predicted molar refractivity (Wildman–Crippen MR) is 70.1 cm³/mol. The van der Waals surface area contributed by atoms with Crippen molar-refractivity contribution >= 4 is 23.2 Å². The summed E-state index contributed by atoms with van der Waals surface area (Å²) in [5, 5.41) is 10.2. The number of hydrogen-bond acceptors (Lipinski definition) is 4. The van der Waals surface area contributed by atoms with Gasteiger partial charge >= 0.3 is 5.97 Å². The van der Waals surface area contributed by atoms with E-state index in [1.165, 1.54) is 5.38 Å². The summed E-state index contributed by atoms with van der Waals surface area (Å²) in [4.78, 5) is 28.4. The van der Waals surface area contributed by atoms with Crippen molar-refractivity contribution in [3.63, 3.8) is 0 Å². The van der Waals surface area contributed by atoms with Gasteiger partial charge in [-0.25, -0.2) is 9.78 Å². The minimum atomic E-state index is -1.12. The second-order valence-electron chi connectivity index (χ2n) is 4.72. The SMILES string of the molecule is C=CCN(C(=O)c1csc(C(=O)O)n1)C(C)(C)C. The van der Waals surface area contributed by atoms with Crippen molar-refractivity contribution in [1.82, 2.24) is 9.88 Å². The smallest absolute Gasteiger partial charge is 0.365 e. The van der Waals surface area contributed by atoms with Gasteiger partial charge in [0.25, 0.3) is 5.91 Å². The Morgan fingerprint density at radius 1 is 1.56 bits per heavy atom. The van der Waals surface area contributed by atoms with Gasteiger partial charge in [-0.2, -0.15) is 0 Å². The summed E-state index contributed by atoms with van der Waals surface area (Å²) in [5.41, 5.74) is -0.215. The number of hydrogen-bond donors (Lipinski definition) is 1. The number of carbonyl (C=O) groups is 2. The number of carboxylic acid groups (broad SMARTS) is 1. The Hall–Kier alpha value is -1.69. The Kier molecular flexibility index (Phi) is 4.24. The minimum absolute atomic E-state index is 0.0780. The van der Waals surface area contributed by atoms with Crippen LogP contribution in [-0.4, -0.2) is 39.0 Å². The Balaban J connectivity index is 3.02. The molecule has 1 rings (SSSR count). The molecule has 0 fully saturated rings. The zero-order valence-electron chi connectivity index (χ0n) is 10.6. The lowest BCUT2D eigenvalue weighted by Gasteiger charge is -2.34. The van der Waals surface area contributed by atoms with E-state index in [9.17, 15) is 9.59 Å². The monoisotopic (exact) mass is 268 g/mol. The molecule has 1 aromatic rings. The van der Waals surface area contributed by atoms with Gasteiger partial charge in [-0.15, -0.1) is 17.9 Å². The van der Waals surface area contributed by atoms with Gasteiger partial charge in [0.1, 0.15) is 5.69 Å². The number of amides is 1. The van der Waals surface area contributed by atoms with E-state index in [4.69, 9.17) is 5.11 Å². The second kappa shape index (κ2) is 5.30. The van der Waals surface area contributed by atoms with Crippen LogP contribution in [0.3, 0.4) is 0 Å². The van der Waals surface area contributed by atoms with E-state index >= 15 is 0 Å². The highest BCUT2D eigenvalue weighted by atomic mass is 32.1. The molecule has 0 radical (unpaired) electrons. The van der Waals surface area contributed by atoms with E-state index in [2.05, 4.69) is 11.6 Å². The van der Waals surface area contributed by atoms with Gasteiger partial charge in [-0.05, 0) is 20.8 Å². The molecule has 0 aliphatic carbocycles.